The van der Waals surface area contributed by atoms with Crippen LogP contribution in [0.2, 0.25) is 0 Å². The summed E-state index contributed by atoms with van der Waals surface area (Å²) in [6, 6.07) is 15.2. The molecule has 0 saturated heterocycles. The highest BCUT2D eigenvalue weighted by molar-refractivity contribution is 7.98. The number of fused-ring (bicyclic) bond motifs is 1. The van der Waals surface area contributed by atoms with E-state index >= 15 is 0 Å². The molecule has 148 valence electrons. The molecule has 2 N–H and O–H groups in total. The second-order valence-electron chi connectivity index (χ2n) is 6.12. The summed E-state index contributed by atoms with van der Waals surface area (Å²) in [7, 11) is -3.65. The highest BCUT2D eigenvalue weighted by Gasteiger charge is 2.31. The van der Waals surface area contributed by atoms with Crippen LogP contribution in [-0.4, -0.2) is 38.2 Å². The number of hydroxylamine groups is 1. The van der Waals surface area contributed by atoms with E-state index in [1.165, 1.54) is 6.07 Å². The average Bonchev–Trinajstić information content (AvgIpc) is 2.96. The Morgan fingerprint density at radius 1 is 1.18 bits per heavy atom. The number of hydrogen-bond donors (Lipinski definition) is 2. The van der Waals surface area contributed by atoms with Gasteiger partial charge >= 0.3 is 0 Å². The van der Waals surface area contributed by atoms with Crippen LogP contribution in [0.15, 0.2) is 64.5 Å². The van der Waals surface area contributed by atoms with E-state index in [0.29, 0.717) is 17.7 Å². The molecule has 1 amide bonds. The number of hydrogen-bond acceptors (Lipinski definition) is 6. The Morgan fingerprint density at radius 3 is 2.64 bits per heavy atom. The third-order valence-electron chi connectivity index (χ3n) is 4.10. The van der Waals surface area contributed by atoms with Gasteiger partial charge in [-0.25, -0.2) is 13.9 Å². The summed E-state index contributed by atoms with van der Waals surface area (Å²) in [5.41, 5.74) is 3.82. The number of amidine groups is 1. The fourth-order valence-corrected chi connectivity index (χ4v) is 4.40. The van der Waals surface area contributed by atoms with Crippen molar-refractivity contribution in [1.82, 2.24) is 10.2 Å². The maximum absolute atomic E-state index is 12.6. The smallest absolute Gasteiger partial charge is 0.268 e. The second-order valence-corrected chi connectivity index (χ2v) is 8.75. The standard InChI is InChI=1S/C19H21N3O4S2/c1-27-12-11-16(19(23)21-26-13-14-7-3-2-4-8-14)20-18-15-9-5-6-10-17(15)28(24,25)22-18/h2-10,16H,11-13H2,1H3,(H,20,22)(H,21,23)/t16-/m0/s1. The molecule has 2 aromatic carbocycles. The van der Waals surface area contributed by atoms with Gasteiger partial charge in [0.1, 0.15) is 11.9 Å². The Bertz CT molecular complexity index is 962. The number of rotatable bonds is 8. The fourth-order valence-electron chi connectivity index (χ4n) is 2.70. The Balaban J connectivity index is 1.73. The summed E-state index contributed by atoms with van der Waals surface area (Å²) in [6.45, 7) is 0.230. The molecule has 0 saturated carbocycles. The van der Waals surface area contributed by atoms with E-state index in [9.17, 15) is 13.2 Å². The van der Waals surface area contributed by atoms with Crippen LogP contribution < -0.4 is 10.2 Å². The average molecular weight is 420 g/mol. The maximum Gasteiger partial charge on any atom is 0.268 e. The molecule has 0 spiro atoms. The van der Waals surface area contributed by atoms with Gasteiger partial charge in [-0.3, -0.25) is 19.3 Å². The first kappa shape index (κ1) is 20.4. The van der Waals surface area contributed by atoms with E-state index in [1.54, 1.807) is 30.0 Å². The minimum absolute atomic E-state index is 0.165. The van der Waals surface area contributed by atoms with Crippen molar-refractivity contribution in [1.29, 1.82) is 0 Å². The zero-order chi connectivity index (χ0) is 20.0. The SMILES string of the molecule is CSCC[C@H](N=C1NS(=O)(=O)c2ccccc21)C(=O)NOCc1ccccc1. The molecule has 2 aromatic rings. The molecule has 1 heterocycles. The summed E-state index contributed by atoms with van der Waals surface area (Å²) in [5.74, 6) is 0.461. The van der Waals surface area contributed by atoms with Crippen molar-refractivity contribution in [2.75, 3.05) is 12.0 Å². The molecular weight excluding hydrogens is 398 g/mol. The van der Waals surface area contributed by atoms with E-state index in [2.05, 4.69) is 15.2 Å². The van der Waals surface area contributed by atoms with Gasteiger partial charge in [-0.15, -0.1) is 0 Å². The first-order valence-electron chi connectivity index (χ1n) is 8.66. The third-order valence-corrected chi connectivity index (χ3v) is 6.14. The summed E-state index contributed by atoms with van der Waals surface area (Å²) >= 11 is 1.58. The van der Waals surface area contributed by atoms with Gasteiger partial charge in [-0.05, 0) is 36.1 Å². The van der Waals surface area contributed by atoms with Gasteiger partial charge in [0.2, 0.25) is 0 Å². The van der Waals surface area contributed by atoms with E-state index < -0.39 is 22.0 Å². The Morgan fingerprint density at radius 2 is 1.89 bits per heavy atom. The van der Waals surface area contributed by atoms with Crippen molar-refractivity contribution in [3.63, 3.8) is 0 Å². The lowest BCUT2D eigenvalue weighted by Crippen LogP contribution is -2.36. The first-order valence-corrected chi connectivity index (χ1v) is 11.5. The molecule has 0 bridgehead atoms. The predicted molar refractivity (Wildman–Crippen MR) is 109 cm³/mol. The lowest BCUT2D eigenvalue weighted by molar-refractivity contribution is -0.135. The molecule has 0 aromatic heterocycles. The molecule has 0 aliphatic carbocycles. The predicted octanol–water partition coefficient (Wildman–Crippen LogP) is 2.09. The van der Waals surface area contributed by atoms with Crippen molar-refractivity contribution < 1.29 is 18.0 Å². The van der Waals surface area contributed by atoms with Crippen molar-refractivity contribution in [3.8, 4) is 0 Å². The van der Waals surface area contributed by atoms with Crippen LogP contribution in [0.1, 0.15) is 17.5 Å². The van der Waals surface area contributed by atoms with Crippen molar-refractivity contribution >= 4 is 33.5 Å². The van der Waals surface area contributed by atoms with Crippen LogP contribution in [0.25, 0.3) is 0 Å². The maximum atomic E-state index is 12.6. The number of nitrogens with zero attached hydrogens (tertiary/aromatic N) is 1. The number of sulfonamides is 1. The largest absolute Gasteiger partial charge is 0.270 e. The molecule has 1 aliphatic heterocycles. The van der Waals surface area contributed by atoms with Gasteiger partial charge in [-0.2, -0.15) is 11.8 Å². The van der Waals surface area contributed by atoms with Gasteiger partial charge in [0, 0.05) is 5.56 Å². The van der Waals surface area contributed by atoms with Crippen LogP contribution >= 0.6 is 11.8 Å². The number of carbonyl (C=O) groups excluding carboxylic acids is 1. The normalized spacial score (nSPS) is 17.0. The Hall–Kier alpha value is -2.36. The second kappa shape index (κ2) is 9.22. The van der Waals surface area contributed by atoms with Gasteiger partial charge in [-0.1, -0.05) is 42.5 Å². The molecule has 9 heteroatoms. The fraction of sp³-hybridized carbons (Fsp3) is 0.263. The number of benzene rings is 2. The van der Waals surface area contributed by atoms with Crippen LogP contribution in [0.5, 0.6) is 0 Å². The van der Waals surface area contributed by atoms with Crippen molar-refractivity contribution in [3.05, 3.63) is 65.7 Å². The number of aliphatic imine (C=N–C) groups is 1. The molecule has 7 nitrogen and oxygen atoms in total. The summed E-state index contributed by atoms with van der Waals surface area (Å²) in [6.07, 6.45) is 2.39. The molecule has 3 rings (SSSR count). The van der Waals surface area contributed by atoms with Crippen molar-refractivity contribution in [2.45, 2.75) is 24.0 Å². The number of thioether (sulfide) groups is 1. The molecule has 1 atom stereocenters. The molecule has 28 heavy (non-hydrogen) atoms. The zero-order valence-electron chi connectivity index (χ0n) is 15.3. The number of amides is 1. The first-order chi connectivity index (χ1) is 13.5. The van der Waals surface area contributed by atoms with Gasteiger partial charge in [0.05, 0.1) is 11.5 Å². The monoisotopic (exact) mass is 419 g/mol. The molecule has 0 fully saturated rings. The lowest BCUT2D eigenvalue weighted by Gasteiger charge is -2.13. The molecule has 1 aliphatic rings. The van der Waals surface area contributed by atoms with Crippen molar-refractivity contribution in [2.24, 2.45) is 4.99 Å². The third kappa shape index (κ3) is 4.92. The van der Waals surface area contributed by atoms with E-state index in [0.717, 1.165) is 5.56 Å². The zero-order valence-corrected chi connectivity index (χ0v) is 16.9. The highest BCUT2D eigenvalue weighted by atomic mass is 32.2. The lowest BCUT2D eigenvalue weighted by atomic mass is 10.2. The highest BCUT2D eigenvalue weighted by Crippen LogP contribution is 2.23. The molecule has 0 unspecified atom stereocenters. The van der Waals surface area contributed by atoms with Crippen LogP contribution in [0.4, 0.5) is 0 Å². The minimum atomic E-state index is -3.65. The topological polar surface area (TPSA) is 96.9 Å². The van der Waals surface area contributed by atoms with Crippen LogP contribution in [-0.2, 0) is 26.3 Å². The molecule has 0 radical (unpaired) electrons. The van der Waals surface area contributed by atoms with E-state index in [-0.39, 0.29) is 17.3 Å². The summed E-state index contributed by atoms with van der Waals surface area (Å²) in [4.78, 5) is 22.4. The van der Waals surface area contributed by atoms with Crippen LogP contribution in [0, 0.1) is 0 Å². The quantitative estimate of drug-likeness (QED) is 0.639. The number of carbonyl (C=O) groups is 1. The number of nitrogens with one attached hydrogen (secondary N) is 2. The van der Waals surface area contributed by atoms with E-state index in [1.807, 2.05) is 36.6 Å². The Labute approximate surface area is 168 Å². The summed E-state index contributed by atoms with van der Waals surface area (Å²) < 4.78 is 26.9. The van der Waals surface area contributed by atoms with Gasteiger partial charge < -0.3 is 0 Å². The van der Waals surface area contributed by atoms with Crippen LogP contribution in [0.3, 0.4) is 0 Å². The van der Waals surface area contributed by atoms with Gasteiger partial charge in [0.25, 0.3) is 15.9 Å². The Kier molecular flexibility index (Phi) is 6.71. The minimum Gasteiger partial charge on any atom is -0.270 e. The molecular formula is C19H21N3O4S2. The summed E-state index contributed by atoms with van der Waals surface area (Å²) in [5, 5.41) is 0. The van der Waals surface area contributed by atoms with E-state index in [4.69, 9.17) is 4.84 Å². The van der Waals surface area contributed by atoms with Gasteiger partial charge in [0.15, 0.2) is 0 Å².